The molecule has 0 spiro atoms. The Bertz CT molecular complexity index is 932. The zero-order valence-electron chi connectivity index (χ0n) is 14.3. The van der Waals surface area contributed by atoms with E-state index in [2.05, 4.69) is 10.6 Å². The van der Waals surface area contributed by atoms with Crippen molar-refractivity contribution in [3.8, 4) is 17.2 Å². The van der Waals surface area contributed by atoms with E-state index in [-0.39, 0.29) is 0 Å². The second kappa shape index (κ2) is 8.95. The number of rotatable bonds is 5. The highest BCUT2D eigenvalue weighted by Crippen LogP contribution is 2.33. The van der Waals surface area contributed by atoms with Crippen LogP contribution in [0, 0.1) is 0 Å². The molecule has 0 amide bonds. The second-order valence-electron chi connectivity index (χ2n) is 5.50. The van der Waals surface area contributed by atoms with E-state index >= 15 is 0 Å². The number of nitrogens with one attached hydrogen (secondary N) is 2. The molecule has 3 rings (SSSR count). The predicted molar refractivity (Wildman–Crippen MR) is 116 cm³/mol. The van der Waals surface area contributed by atoms with Crippen LogP contribution in [0.1, 0.15) is 0 Å². The van der Waals surface area contributed by atoms with E-state index in [1.807, 2.05) is 36.4 Å². The van der Waals surface area contributed by atoms with Gasteiger partial charge in [0, 0.05) is 15.7 Å². The fraction of sp³-hybridized carbons (Fsp3) is 0.0500. The minimum absolute atomic E-state index is 0.402. The summed E-state index contributed by atoms with van der Waals surface area (Å²) in [5.41, 5.74) is 1.46. The standard InChI is InChI=1S/C20H16Cl2N2O2S/c1-25-16-7-9-17(10-8-16)26-19-11-4-14(22)12-18(19)24-20(27)23-15-5-2-13(21)3-6-15/h2-12H,1H3,(H2,23,24,27). The van der Waals surface area contributed by atoms with Gasteiger partial charge in [-0.2, -0.15) is 0 Å². The highest BCUT2D eigenvalue weighted by Gasteiger charge is 2.09. The van der Waals surface area contributed by atoms with E-state index in [0.717, 1.165) is 11.4 Å². The average Bonchev–Trinajstić information content (AvgIpc) is 2.66. The van der Waals surface area contributed by atoms with Crippen molar-refractivity contribution in [2.24, 2.45) is 0 Å². The van der Waals surface area contributed by atoms with E-state index in [1.165, 1.54) is 0 Å². The fourth-order valence-electron chi connectivity index (χ4n) is 2.28. The fourth-order valence-corrected chi connectivity index (χ4v) is 2.80. The molecule has 4 nitrogen and oxygen atoms in total. The largest absolute Gasteiger partial charge is 0.497 e. The third-order valence-corrected chi connectivity index (χ3v) is 4.27. The second-order valence-corrected chi connectivity index (χ2v) is 6.79. The molecular formula is C20H16Cl2N2O2S. The van der Waals surface area contributed by atoms with Crippen LogP contribution in [0.4, 0.5) is 11.4 Å². The SMILES string of the molecule is COc1ccc(Oc2ccc(Cl)cc2NC(=S)Nc2ccc(Cl)cc2)cc1. The quantitative estimate of drug-likeness (QED) is 0.456. The molecule has 0 radical (unpaired) electrons. The molecule has 0 aliphatic heterocycles. The molecule has 0 bridgehead atoms. The van der Waals surface area contributed by atoms with Crippen molar-refractivity contribution in [3.05, 3.63) is 76.8 Å². The van der Waals surface area contributed by atoms with Gasteiger partial charge < -0.3 is 20.1 Å². The Balaban J connectivity index is 1.74. The molecule has 0 aliphatic carbocycles. The van der Waals surface area contributed by atoms with Crippen LogP contribution in [0.2, 0.25) is 10.0 Å². The van der Waals surface area contributed by atoms with Crippen molar-refractivity contribution in [2.45, 2.75) is 0 Å². The van der Waals surface area contributed by atoms with Gasteiger partial charge in [0.25, 0.3) is 0 Å². The lowest BCUT2D eigenvalue weighted by Crippen LogP contribution is -2.19. The van der Waals surface area contributed by atoms with Gasteiger partial charge in [0.15, 0.2) is 10.9 Å². The van der Waals surface area contributed by atoms with Crippen LogP contribution in [0.5, 0.6) is 17.2 Å². The Morgan fingerprint density at radius 1 is 0.815 bits per heavy atom. The third-order valence-electron chi connectivity index (χ3n) is 3.58. The first-order chi connectivity index (χ1) is 13.0. The molecule has 138 valence electrons. The number of halogens is 2. The van der Waals surface area contributed by atoms with Crippen molar-refractivity contribution in [1.29, 1.82) is 0 Å². The van der Waals surface area contributed by atoms with Crippen LogP contribution >= 0.6 is 35.4 Å². The maximum absolute atomic E-state index is 6.13. The maximum Gasteiger partial charge on any atom is 0.175 e. The number of benzene rings is 3. The lowest BCUT2D eigenvalue weighted by molar-refractivity contribution is 0.413. The Hall–Kier alpha value is -2.47. The monoisotopic (exact) mass is 418 g/mol. The summed E-state index contributed by atoms with van der Waals surface area (Å²) < 4.78 is 11.1. The van der Waals surface area contributed by atoms with E-state index in [9.17, 15) is 0 Å². The molecule has 0 aliphatic rings. The molecule has 0 saturated carbocycles. The van der Waals surface area contributed by atoms with E-state index in [1.54, 1.807) is 37.4 Å². The van der Waals surface area contributed by atoms with Gasteiger partial charge in [0.05, 0.1) is 12.8 Å². The van der Waals surface area contributed by atoms with Gasteiger partial charge in [0.1, 0.15) is 11.5 Å². The van der Waals surface area contributed by atoms with Crippen molar-refractivity contribution in [1.82, 2.24) is 0 Å². The molecule has 0 aromatic heterocycles. The lowest BCUT2D eigenvalue weighted by atomic mass is 10.2. The number of anilines is 2. The first kappa shape index (κ1) is 19.3. The van der Waals surface area contributed by atoms with E-state index < -0.39 is 0 Å². The van der Waals surface area contributed by atoms with Crippen molar-refractivity contribution >= 4 is 51.9 Å². The minimum Gasteiger partial charge on any atom is -0.497 e. The smallest absolute Gasteiger partial charge is 0.175 e. The molecule has 3 aromatic carbocycles. The summed E-state index contributed by atoms with van der Waals surface area (Å²) in [4.78, 5) is 0. The average molecular weight is 419 g/mol. The van der Waals surface area contributed by atoms with E-state index in [4.69, 9.17) is 44.9 Å². The highest BCUT2D eigenvalue weighted by molar-refractivity contribution is 7.80. The van der Waals surface area contributed by atoms with Crippen LogP contribution in [0.15, 0.2) is 66.7 Å². The summed E-state index contributed by atoms with van der Waals surface area (Å²) >= 11 is 17.4. The highest BCUT2D eigenvalue weighted by atomic mass is 35.5. The lowest BCUT2D eigenvalue weighted by Gasteiger charge is -2.15. The summed E-state index contributed by atoms with van der Waals surface area (Å²) in [7, 11) is 1.62. The number of thiocarbonyl (C=S) groups is 1. The molecule has 27 heavy (non-hydrogen) atoms. The third kappa shape index (κ3) is 5.50. The van der Waals surface area contributed by atoms with Gasteiger partial charge in [-0.15, -0.1) is 0 Å². The van der Waals surface area contributed by atoms with Crippen molar-refractivity contribution in [3.63, 3.8) is 0 Å². The summed E-state index contributed by atoms with van der Waals surface area (Å²) in [6.07, 6.45) is 0. The summed E-state index contributed by atoms with van der Waals surface area (Å²) in [6.45, 7) is 0. The zero-order chi connectivity index (χ0) is 19.2. The normalized spacial score (nSPS) is 10.2. The van der Waals surface area contributed by atoms with E-state index in [0.29, 0.717) is 32.3 Å². The molecule has 3 aromatic rings. The van der Waals surface area contributed by atoms with Gasteiger partial charge in [-0.05, 0) is 78.9 Å². The summed E-state index contributed by atoms with van der Waals surface area (Å²) in [5, 5.41) is 7.82. The zero-order valence-corrected chi connectivity index (χ0v) is 16.7. The molecule has 2 N–H and O–H groups in total. The molecule has 0 fully saturated rings. The molecule has 7 heteroatoms. The summed E-state index contributed by atoms with van der Waals surface area (Å²) in [6, 6.07) is 19.8. The first-order valence-corrected chi connectivity index (χ1v) is 9.15. The Morgan fingerprint density at radius 3 is 2.11 bits per heavy atom. The molecule has 0 unspecified atom stereocenters. The number of methoxy groups -OCH3 is 1. The number of ether oxygens (including phenoxy) is 2. The Morgan fingerprint density at radius 2 is 1.44 bits per heavy atom. The van der Waals surface area contributed by atoms with Crippen molar-refractivity contribution < 1.29 is 9.47 Å². The molecular weight excluding hydrogens is 403 g/mol. The molecule has 0 atom stereocenters. The van der Waals surface area contributed by atoms with Gasteiger partial charge >= 0.3 is 0 Å². The van der Waals surface area contributed by atoms with Crippen LogP contribution in [0.3, 0.4) is 0 Å². The van der Waals surface area contributed by atoms with Gasteiger partial charge in [-0.25, -0.2) is 0 Å². The Kier molecular flexibility index (Phi) is 6.40. The van der Waals surface area contributed by atoms with Crippen LogP contribution in [-0.2, 0) is 0 Å². The topological polar surface area (TPSA) is 42.5 Å². The molecule has 0 heterocycles. The maximum atomic E-state index is 6.13. The first-order valence-electron chi connectivity index (χ1n) is 7.98. The summed E-state index contributed by atoms with van der Waals surface area (Å²) in [5.74, 6) is 2.01. The van der Waals surface area contributed by atoms with Crippen molar-refractivity contribution in [2.75, 3.05) is 17.7 Å². The Labute approximate surface area is 173 Å². The van der Waals surface area contributed by atoms with Gasteiger partial charge in [-0.3, -0.25) is 0 Å². The predicted octanol–water partition coefficient (Wildman–Crippen LogP) is 6.60. The van der Waals surface area contributed by atoms with Crippen LogP contribution in [0.25, 0.3) is 0 Å². The molecule has 0 saturated heterocycles. The van der Waals surface area contributed by atoms with Gasteiger partial charge in [-0.1, -0.05) is 23.2 Å². The van der Waals surface area contributed by atoms with Gasteiger partial charge in [0.2, 0.25) is 0 Å². The number of hydrogen-bond donors (Lipinski definition) is 2. The van der Waals surface area contributed by atoms with Crippen LogP contribution in [-0.4, -0.2) is 12.2 Å². The van der Waals surface area contributed by atoms with Crippen LogP contribution < -0.4 is 20.1 Å². The minimum atomic E-state index is 0.402. The number of hydrogen-bond acceptors (Lipinski definition) is 3.